The third-order valence-corrected chi connectivity index (χ3v) is 4.15. The molecule has 1 aromatic heterocycles. The van der Waals surface area contributed by atoms with E-state index in [9.17, 15) is 4.79 Å². The molecule has 7 heteroatoms. The van der Waals surface area contributed by atoms with Gasteiger partial charge in [0.1, 0.15) is 5.82 Å². The number of rotatable bonds is 10. The number of carboxylic acid groups (broad SMARTS) is 1. The molecule has 3 N–H and O–H groups in total. The lowest BCUT2D eigenvalue weighted by Gasteiger charge is -2.05. The Kier molecular flexibility index (Phi) is 6.93. The normalized spacial score (nSPS) is 10.7. The highest BCUT2D eigenvalue weighted by atomic mass is 32.2. The van der Waals surface area contributed by atoms with E-state index in [1.54, 1.807) is 0 Å². The van der Waals surface area contributed by atoms with Crippen LogP contribution in [0.15, 0.2) is 29.2 Å². The van der Waals surface area contributed by atoms with Crippen molar-refractivity contribution in [3.05, 3.63) is 35.7 Å². The quantitative estimate of drug-likeness (QED) is 0.452. The van der Waals surface area contributed by atoms with Gasteiger partial charge in [-0.15, -0.1) is 10.2 Å². The summed E-state index contributed by atoms with van der Waals surface area (Å²) in [7, 11) is 0. The average molecular weight is 334 g/mol. The van der Waals surface area contributed by atoms with Gasteiger partial charge >= 0.3 is 5.97 Å². The lowest BCUT2D eigenvalue weighted by Crippen LogP contribution is -1.94. The third-order valence-electron chi connectivity index (χ3n) is 3.37. The van der Waals surface area contributed by atoms with E-state index in [0.717, 1.165) is 42.8 Å². The number of benzene rings is 1. The molecule has 0 atom stereocenters. The summed E-state index contributed by atoms with van der Waals surface area (Å²) in [6, 6.07) is 8.39. The minimum absolute atomic E-state index is 0.277. The summed E-state index contributed by atoms with van der Waals surface area (Å²) in [5.74, 6) is 0.727. The van der Waals surface area contributed by atoms with Gasteiger partial charge in [-0.05, 0) is 55.8 Å². The van der Waals surface area contributed by atoms with E-state index in [0.29, 0.717) is 5.95 Å². The molecule has 1 heterocycles. The van der Waals surface area contributed by atoms with E-state index in [2.05, 4.69) is 44.2 Å². The van der Waals surface area contributed by atoms with Crippen LogP contribution in [0.1, 0.15) is 43.5 Å². The van der Waals surface area contributed by atoms with Crippen molar-refractivity contribution in [2.24, 2.45) is 0 Å². The topological polar surface area (TPSA) is 90.9 Å². The highest BCUT2D eigenvalue weighted by Crippen LogP contribution is 2.21. The van der Waals surface area contributed by atoms with Gasteiger partial charge in [0.15, 0.2) is 0 Å². The molecule has 0 aliphatic rings. The molecule has 2 aromatic rings. The molecule has 0 bridgehead atoms. The fraction of sp³-hybridized carbons (Fsp3) is 0.438. The molecule has 0 fully saturated rings. The molecule has 0 spiro atoms. The summed E-state index contributed by atoms with van der Waals surface area (Å²) in [4.78, 5) is 14.6. The van der Waals surface area contributed by atoms with Crippen molar-refractivity contribution in [1.82, 2.24) is 15.2 Å². The first-order valence-electron chi connectivity index (χ1n) is 7.76. The Morgan fingerprint density at radius 1 is 1.26 bits per heavy atom. The van der Waals surface area contributed by atoms with Crippen LogP contribution in [-0.2, 0) is 11.2 Å². The molecular weight excluding hydrogens is 312 g/mol. The number of anilines is 1. The van der Waals surface area contributed by atoms with Crippen LogP contribution >= 0.6 is 11.9 Å². The molecule has 0 amide bonds. The Balaban J connectivity index is 1.70. The highest BCUT2D eigenvalue weighted by Gasteiger charge is 2.02. The SMILES string of the molecule is Cc1nnc(NSc2cccc(CCCCCCC(=O)O)c2)[nH]1. The van der Waals surface area contributed by atoms with Crippen LogP contribution in [0.25, 0.3) is 0 Å². The van der Waals surface area contributed by atoms with Gasteiger partial charge in [-0.1, -0.05) is 25.0 Å². The summed E-state index contributed by atoms with van der Waals surface area (Å²) in [5.41, 5.74) is 1.30. The Bertz CT molecular complexity index is 630. The molecule has 0 aliphatic heterocycles. The number of nitrogens with one attached hydrogen (secondary N) is 2. The van der Waals surface area contributed by atoms with Crippen LogP contribution in [0.2, 0.25) is 0 Å². The maximum absolute atomic E-state index is 10.4. The Morgan fingerprint density at radius 2 is 2.09 bits per heavy atom. The first kappa shape index (κ1) is 17.3. The third kappa shape index (κ3) is 6.73. The number of aromatic nitrogens is 3. The van der Waals surface area contributed by atoms with E-state index in [-0.39, 0.29) is 6.42 Å². The van der Waals surface area contributed by atoms with Crippen molar-refractivity contribution in [1.29, 1.82) is 0 Å². The molecule has 0 saturated carbocycles. The molecule has 1 aromatic carbocycles. The van der Waals surface area contributed by atoms with Crippen molar-refractivity contribution >= 4 is 23.9 Å². The van der Waals surface area contributed by atoms with Gasteiger partial charge in [-0.25, -0.2) is 0 Å². The number of carbonyl (C=O) groups is 1. The van der Waals surface area contributed by atoms with Crippen LogP contribution in [-0.4, -0.2) is 26.3 Å². The summed E-state index contributed by atoms with van der Waals surface area (Å²) in [6.45, 7) is 1.86. The zero-order valence-electron chi connectivity index (χ0n) is 13.2. The molecule has 23 heavy (non-hydrogen) atoms. The highest BCUT2D eigenvalue weighted by molar-refractivity contribution is 8.00. The van der Waals surface area contributed by atoms with Crippen molar-refractivity contribution in [3.63, 3.8) is 0 Å². The molecule has 124 valence electrons. The monoisotopic (exact) mass is 334 g/mol. The van der Waals surface area contributed by atoms with Crippen molar-refractivity contribution in [2.45, 2.75) is 50.3 Å². The van der Waals surface area contributed by atoms with E-state index >= 15 is 0 Å². The lowest BCUT2D eigenvalue weighted by molar-refractivity contribution is -0.137. The van der Waals surface area contributed by atoms with Gasteiger partial charge in [-0.2, -0.15) is 0 Å². The number of hydrogen-bond acceptors (Lipinski definition) is 5. The summed E-state index contributed by atoms with van der Waals surface area (Å²) in [5, 5.41) is 16.5. The van der Waals surface area contributed by atoms with Gasteiger partial charge in [0, 0.05) is 11.3 Å². The standard InChI is InChI=1S/C16H22N4O2S/c1-12-17-16(19-18-12)20-23-14-9-6-8-13(11-14)7-4-2-3-5-10-15(21)22/h6,8-9,11H,2-5,7,10H2,1H3,(H,21,22)(H2,17,18,19,20). The second-order valence-electron chi connectivity index (χ2n) is 5.42. The Morgan fingerprint density at radius 3 is 2.83 bits per heavy atom. The van der Waals surface area contributed by atoms with E-state index < -0.39 is 5.97 Å². The molecule has 0 aliphatic carbocycles. The maximum atomic E-state index is 10.4. The average Bonchev–Trinajstić information content (AvgIpc) is 2.94. The van der Waals surface area contributed by atoms with Gasteiger partial charge in [0.25, 0.3) is 0 Å². The molecule has 6 nitrogen and oxygen atoms in total. The van der Waals surface area contributed by atoms with Crippen LogP contribution < -0.4 is 4.72 Å². The predicted octanol–water partition coefficient (Wildman–Crippen LogP) is 3.81. The number of aryl methyl sites for hydroxylation is 2. The fourth-order valence-corrected chi connectivity index (χ4v) is 2.89. The zero-order valence-corrected chi connectivity index (χ0v) is 14.0. The maximum Gasteiger partial charge on any atom is 0.303 e. The van der Waals surface area contributed by atoms with Gasteiger partial charge in [0.2, 0.25) is 5.95 Å². The summed E-state index contributed by atoms with van der Waals surface area (Å²) >= 11 is 1.50. The van der Waals surface area contributed by atoms with E-state index in [1.165, 1.54) is 17.5 Å². The van der Waals surface area contributed by atoms with Crippen LogP contribution in [0.4, 0.5) is 5.95 Å². The Hall–Kier alpha value is -2.02. The summed E-state index contributed by atoms with van der Waals surface area (Å²) in [6.07, 6.45) is 5.20. The van der Waals surface area contributed by atoms with Crippen molar-refractivity contribution in [3.8, 4) is 0 Å². The van der Waals surface area contributed by atoms with Gasteiger partial charge in [0.05, 0.1) is 0 Å². The summed E-state index contributed by atoms with van der Waals surface area (Å²) < 4.78 is 3.14. The first-order chi connectivity index (χ1) is 11.1. The Labute approximate surface area is 140 Å². The number of H-pyrrole nitrogens is 1. The molecule has 0 unspecified atom stereocenters. The molecule has 2 rings (SSSR count). The molecule has 0 saturated heterocycles. The van der Waals surface area contributed by atoms with Crippen molar-refractivity contribution < 1.29 is 9.90 Å². The van der Waals surface area contributed by atoms with Gasteiger partial charge in [-0.3, -0.25) is 9.52 Å². The zero-order chi connectivity index (χ0) is 16.5. The van der Waals surface area contributed by atoms with Crippen LogP contribution in [0.5, 0.6) is 0 Å². The second-order valence-corrected chi connectivity index (χ2v) is 6.30. The minimum atomic E-state index is -0.704. The number of unbranched alkanes of at least 4 members (excludes halogenated alkanes) is 3. The molecular formula is C16H22N4O2S. The predicted molar refractivity (Wildman–Crippen MR) is 91.5 cm³/mol. The smallest absolute Gasteiger partial charge is 0.303 e. The number of aliphatic carboxylic acids is 1. The largest absolute Gasteiger partial charge is 0.481 e. The van der Waals surface area contributed by atoms with Crippen LogP contribution in [0.3, 0.4) is 0 Å². The number of hydrogen-bond donors (Lipinski definition) is 3. The minimum Gasteiger partial charge on any atom is -0.481 e. The van der Waals surface area contributed by atoms with Gasteiger partial charge < -0.3 is 10.1 Å². The lowest BCUT2D eigenvalue weighted by atomic mass is 10.1. The van der Waals surface area contributed by atoms with Crippen LogP contribution in [0, 0.1) is 6.92 Å². The van der Waals surface area contributed by atoms with E-state index in [1.807, 2.05) is 6.92 Å². The first-order valence-corrected chi connectivity index (χ1v) is 8.58. The number of aromatic amines is 1. The van der Waals surface area contributed by atoms with Crippen molar-refractivity contribution in [2.75, 3.05) is 4.72 Å². The number of carboxylic acids is 1. The molecule has 0 radical (unpaired) electrons. The second kappa shape index (κ2) is 9.19. The van der Waals surface area contributed by atoms with E-state index in [4.69, 9.17) is 5.11 Å². The fourth-order valence-electron chi connectivity index (χ4n) is 2.22. The number of nitrogens with zero attached hydrogens (tertiary/aromatic N) is 2.